The fraction of sp³-hybridized carbons (Fsp3) is 0.348. The molecular formula is C23H29N2O3+. The maximum absolute atomic E-state index is 12.9. The van der Waals surface area contributed by atoms with E-state index in [1.807, 2.05) is 43.3 Å². The number of carbonyl (C=O) groups excluding carboxylic acids is 1. The van der Waals surface area contributed by atoms with Crippen molar-refractivity contribution in [2.45, 2.75) is 26.8 Å². The van der Waals surface area contributed by atoms with E-state index < -0.39 is 0 Å². The van der Waals surface area contributed by atoms with Crippen LogP contribution in [-0.4, -0.2) is 32.7 Å². The van der Waals surface area contributed by atoms with Crippen LogP contribution >= 0.6 is 0 Å². The van der Waals surface area contributed by atoms with Crippen LogP contribution in [0, 0.1) is 6.92 Å². The molecule has 148 valence electrons. The molecule has 0 saturated carbocycles. The number of fused-ring (bicyclic) bond motifs is 1. The molecule has 3 aromatic rings. The zero-order valence-electron chi connectivity index (χ0n) is 17.0. The second-order valence-corrected chi connectivity index (χ2v) is 6.96. The molecule has 0 saturated heterocycles. The Kier molecular flexibility index (Phi) is 6.37. The van der Waals surface area contributed by atoms with Crippen molar-refractivity contribution in [2.75, 3.05) is 26.7 Å². The predicted octanol–water partition coefficient (Wildman–Crippen LogP) is 3.15. The number of benzene rings is 2. The first kappa shape index (κ1) is 20.0. The van der Waals surface area contributed by atoms with Crippen molar-refractivity contribution in [1.82, 2.24) is 5.32 Å². The van der Waals surface area contributed by atoms with Gasteiger partial charge in [0.15, 0.2) is 5.76 Å². The molecule has 0 radical (unpaired) electrons. The van der Waals surface area contributed by atoms with E-state index in [4.69, 9.17) is 9.15 Å². The number of hydrogen-bond acceptors (Lipinski definition) is 3. The second-order valence-electron chi connectivity index (χ2n) is 6.96. The first-order valence-corrected chi connectivity index (χ1v) is 9.83. The number of ether oxygens (including phenoxy) is 1. The summed E-state index contributed by atoms with van der Waals surface area (Å²) < 4.78 is 11.1. The molecule has 0 aliphatic carbocycles. The van der Waals surface area contributed by atoms with Gasteiger partial charge in [-0.2, -0.15) is 0 Å². The van der Waals surface area contributed by atoms with Gasteiger partial charge in [-0.3, -0.25) is 4.79 Å². The van der Waals surface area contributed by atoms with E-state index in [9.17, 15) is 4.79 Å². The van der Waals surface area contributed by atoms with Gasteiger partial charge in [0.05, 0.1) is 26.7 Å². The molecule has 1 aromatic heterocycles. The Morgan fingerprint density at radius 1 is 1.14 bits per heavy atom. The van der Waals surface area contributed by atoms with E-state index in [0.717, 1.165) is 29.8 Å². The summed E-state index contributed by atoms with van der Waals surface area (Å²) in [6, 6.07) is 16.1. The molecule has 0 spiro atoms. The van der Waals surface area contributed by atoms with Crippen molar-refractivity contribution in [1.29, 1.82) is 0 Å². The van der Waals surface area contributed by atoms with Gasteiger partial charge in [-0.15, -0.1) is 0 Å². The lowest BCUT2D eigenvalue weighted by Gasteiger charge is -2.27. The van der Waals surface area contributed by atoms with E-state index in [0.29, 0.717) is 17.9 Å². The van der Waals surface area contributed by atoms with Crippen molar-refractivity contribution in [3.63, 3.8) is 0 Å². The number of hydrogen-bond donors (Lipinski definition) is 2. The number of nitrogens with one attached hydrogen (secondary N) is 2. The second kappa shape index (κ2) is 8.93. The molecule has 2 N–H and O–H groups in total. The van der Waals surface area contributed by atoms with Gasteiger partial charge in [0.25, 0.3) is 5.91 Å². The number of furan rings is 1. The third-order valence-corrected chi connectivity index (χ3v) is 5.42. The molecule has 0 aliphatic heterocycles. The zero-order valence-corrected chi connectivity index (χ0v) is 17.0. The van der Waals surface area contributed by atoms with Gasteiger partial charge in [-0.25, -0.2) is 0 Å². The van der Waals surface area contributed by atoms with Gasteiger partial charge >= 0.3 is 0 Å². The van der Waals surface area contributed by atoms with E-state index >= 15 is 0 Å². The summed E-state index contributed by atoms with van der Waals surface area (Å²) in [5.74, 6) is 0.933. The Morgan fingerprint density at radius 3 is 2.50 bits per heavy atom. The number of quaternary nitrogens is 1. The lowest BCUT2D eigenvalue weighted by atomic mass is 10.0. The van der Waals surface area contributed by atoms with Gasteiger partial charge < -0.3 is 19.4 Å². The van der Waals surface area contributed by atoms with Crippen LogP contribution in [0.1, 0.15) is 41.6 Å². The molecule has 5 heteroatoms. The summed E-state index contributed by atoms with van der Waals surface area (Å²) in [6.45, 7) is 8.80. The summed E-state index contributed by atoms with van der Waals surface area (Å²) in [4.78, 5) is 14.3. The summed E-state index contributed by atoms with van der Waals surface area (Å²) >= 11 is 0. The Balaban J connectivity index is 1.81. The number of aryl methyl sites for hydroxylation is 1. The van der Waals surface area contributed by atoms with Crippen molar-refractivity contribution >= 4 is 16.9 Å². The highest BCUT2D eigenvalue weighted by Crippen LogP contribution is 2.28. The maximum atomic E-state index is 12.9. The van der Waals surface area contributed by atoms with Crippen LogP contribution in [0.3, 0.4) is 0 Å². The molecule has 5 nitrogen and oxygen atoms in total. The Morgan fingerprint density at radius 2 is 1.86 bits per heavy atom. The quantitative estimate of drug-likeness (QED) is 0.630. The molecule has 1 heterocycles. The topological polar surface area (TPSA) is 55.9 Å². The predicted molar refractivity (Wildman–Crippen MR) is 111 cm³/mol. The molecular weight excluding hydrogens is 352 g/mol. The van der Waals surface area contributed by atoms with Crippen molar-refractivity contribution in [3.8, 4) is 5.75 Å². The normalized spacial score (nSPS) is 12.3. The highest BCUT2D eigenvalue weighted by Gasteiger charge is 2.24. The van der Waals surface area contributed by atoms with E-state index in [1.165, 1.54) is 10.5 Å². The van der Waals surface area contributed by atoms with E-state index in [-0.39, 0.29) is 11.9 Å². The van der Waals surface area contributed by atoms with Gasteiger partial charge in [0, 0.05) is 16.5 Å². The summed E-state index contributed by atoms with van der Waals surface area (Å²) in [7, 11) is 1.63. The molecule has 1 atom stereocenters. The molecule has 0 fully saturated rings. The van der Waals surface area contributed by atoms with Crippen molar-refractivity contribution in [3.05, 3.63) is 65.4 Å². The fourth-order valence-electron chi connectivity index (χ4n) is 3.74. The molecule has 0 unspecified atom stereocenters. The van der Waals surface area contributed by atoms with Crippen LogP contribution in [0.2, 0.25) is 0 Å². The highest BCUT2D eigenvalue weighted by molar-refractivity contribution is 5.99. The van der Waals surface area contributed by atoms with Crippen molar-refractivity contribution < 1.29 is 18.8 Å². The standard InChI is InChI=1S/C23H28N2O3/c1-5-25(6-2)20(17-10-8-7-9-11-17)15-24-23(26)22-16(3)19-14-18(27-4)12-13-21(19)28-22/h7-14,20H,5-6,15H2,1-4H3,(H,24,26)/p+1/t20-/m1/s1. The number of amides is 1. The van der Waals surface area contributed by atoms with Crippen LogP contribution < -0.4 is 15.0 Å². The first-order chi connectivity index (χ1) is 13.6. The number of likely N-dealkylation sites (N-methyl/N-ethyl adjacent to an activating group) is 1. The minimum absolute atomic E-state index is 0.180. The minimum atomic E-state index is -0.180. The van der Waals surface area contributed by atoms with Gasteiger partial charge in [-0.1, -0.05) is 30.3 Å². The molecule has 2 aromatic carbocycles. The average Bonchev–Trinajstić information content (AvgIpc) is 3.07. The van der Waals surface area contributed by atoms with Crippen LogP contribution in [0.5, 0.6) is 5.75 Å². The van der Waals surface area contributed by atoms with E-state index in [1.54, 1.807) is 7.11 Å². The molecule has 1 amide bonds. The van der Waals surface area contributed by atoms with Crippen LogP contribution in [0.15, 0.2) is 52.9 Å². The lowest BCUT2D eigenvalue weighted by Crippen LogP contribution is -3.12. The highest BCUT2D eigenvalue weighted by atomic mass is 16.5. The zero-order chi connectivity index (χ0) is 20.1. The summed E-state index contributed by atoms with van der Waals surface area (Å²) in [5.41, 5.74) is 2.75. The molecule has 0 aliphatic rings. The largest absolute Gasteiger partial charge is 0.497 e. The Hall–Kier alpha value is -2.79. The summed E-state index contributed by atoms with van der Waals surface area (Å²) in [6.07, 6.45) is 0. The number of methoxy groups -OCH3 is 1. The average molecular weight is 381 g/mol. The van der Waals surface area contributed by atoms with Crippen LogP contribution in [0.4, 0.5) is 0 Å². The van der Waals surface area contributed by atoms with Gasteiger partial charge in [0.2, 0.25) is 0 Å². The SMILES string of the molecule is CC[NH+](CC)[C@H](CNC(=O)c1oc2ccc(OC)cc2c1C)c1ccccc1. The molecule has 28 heavy (non-hydrogen) atoms. The van der Waals surface area contributed by atoms with Crippen LogP contribution in [-0.2, 0) is 0 Å². The monoisotopic (exact) mass is 381 g/mol. The first-order valence-electron chi connectivity index (χ1n) is 9.83. The number of carbonyl (C=O) groups is 1. The third kappa shape index (κ3) is 4.04. The van der Waals surface area contributed by atoms with E-state index in [2.05, 4.69) is 31.3 Å². The Bertz CT molecular complexity index is 930. The smallest absolute Gasteiger partial charge is 0.287 e. The van der Waals surface area contributed by atoms with Gasteiger partial charge in [-0.05, 0) is 39.0 Å². The molecule has 3 rings (SSSR count). The third-order valence-electron chi connectivity index (χ3n) is 5.42. The van der Waals surface area contributed by atoms with Crippen molar-refractivity contribution in [2.24, 2.45) is 0 Å². The maximum Gasteiger partial charge on any atom is 0.287 e. The summed E-state index contributed by atoms with van der Waals surface area (Å²) in [5, 5.41) is 3.99. The molecule has 0 bridgehead atoms. The lowest BCUT2D eigenvalue weighted by molar-refractivity contribution is -0.927. The van der Waals surface area contributed by atoms with Gasteiger partial charge in [0.1, 0.15) is 17.4 Å². The number of rotatable bonds is 8. The van der Waals surface area contributed by atoms with Crippen LogP contribution in [0.25, 0.3) is 11.0 Å². The Labute approximate surface area is 166 Å². The fourth-order valence-corrected chi connectivity index (χ4v) is 3.74. The minimum Gasteiger partial charge on any atom is -0.497 e.